The van der Waals surface area contributed by atoms with Crippen molar-refractivity contribution in [3.8, 4) is 0 Å². The second kappa shape index (κ2) is 6.77. The van der Waals surface area contributed by atoms with Crippen molar-refractivity contribution in [3.05, 3.63) is 35.4 Å². The first-order chi connectivity index (χ1) is 9.90. The van der Waals surface area contributed by atoms with Gasteiger partial charge in [0.25, 0.3) is 0 Å². The van der Waals surface area contributed by atoms with Gasteiger partial charge in [-0.15, -0.1) is 0 Å². The molecule has 2 N–H and O–H groups in total. The van der Waals surface area contributed by atoms with Gasteiger partial charge in [0, 0.05) is 19.6 Å². The zero-order valence-corrected chi connectivity index (χ0v) is 11.7. The Hall–Kier alpha value is -1.11. The SMILES string of the molecule is OCCN(CC1CC1)CC(O)c1cccc(C(F)(F)F)c1. The van der Waals surface area contributed by atoms with Crippen LogP contribution in [0.4, 0.5) is 13.2 Å². The molecule has 0 aromatic heterocycles. The summed E-state index contributed by atoms with van der Waals surface area (Å²) < 4.78 is 38.0. The monoisotopic (exact) mass is 303 g/mol. The molecule has 0 spiro atoms. The molecule has 1 aromatic carbocycles. The quantitative estimate of drug-likeness (QED) is 0.813. The predicted octanol–water partition coefficient (Wildman–Crippen LogP) is 2.44. The minimum atomic E-state index is -4.41. The Balaban J connectivity index is 2.02. The molecule has 1 aromatic rings. The Morgan fingerprint density at radius 3 is 2.57 bits per heavy atom. The predicted molar refractivity (Wildman–Crippen MR) is 72.7 cm³/mol. The topological polar surface area (TPSA) is 43.7 Å². The first-order valence-corrected chi connectivity index (χ1v) is 7.08. The lowest BCUT2D eigenvalue weighted by Crippen LogP contribution is -2.33. The molecule has 0 bridgehead atoms. The summed E-state index contributed by atoms with van der Waals surface area (Å²) in [6.07, 6.45) is -3.12. The molecule has 0 heterocycles. The molecule has 0 aliphatic heterocycles. The summed E-state index contributed by atoms with van der Waals surface area (Å²) in [6.45, 7) is 1.41. The van der Waals surface area contributed by atoms with Crippen LogP contribution in [0.3, 0.4) is 0 Å². The first-order valence-electron chi connectivity index (χ1n) is 7.08. The van der Waals surface area contributed by atoms with E-state index in [0.29, 0.717) is 12.5 Å². The molecule has 1 aliphatic carbocycles. The van der Waals surface area contributed by atoms with Crippen molar-refractivity contribution in [2.24, 2.45) is 5.92 Å². The second-order valence-electron chi connectivity index (χ2n) is 5.57. The number of hydrogen-bond donors (Lipinski definition) is 2. The van der Waals surface area contributed by atoms with E-state index in [1.807, 2.05) is 4.90 Å². The lowest BCUT2D eigenvalue weighted by molar-refractivity contribution is -0.137. The minimum absolute atomic E-state index is 0.0258. The number of nitrogens with zero attached hydrogens (tertiary/aromatic N) is 1. The van der Waals surface area contributed by atoms with Crippen molar-refractivity contribution in [3.63, 3.8) is 0 Å². The number of rotatable bonds is 7. The number of halogens is 3. The highest BCUT2D eigenvalue weighted by molar-refractivity contribution is 5.27. The van der Waals surface area contributed by atoms with E-state index in [2.05, 4.69) is 0 Å². The maximum atomic E-state index is 12.7. The molecule has 21 heavy (non-hydrogen) atoms. The van der Waals surface area contributed by atoms with E-state index in [9.17, 15) is 18.3 Å². The summed E-state index contributed by atoms with van der Waals surface area (Å²) in [5.74, 6) is 0.588. The largest absolute Gasteiger partial charge is 0.416 e. The summed E-state index contributed by atoms with van der Waals surface area (Å²) in [4.78, 5) is 1.91. The minimum Gasteiger partial charge on any atom is -0.395 e. The maximum Gasteiger partial charge on any atom is 0.416 e. The normalized spacial score (nSPS) is 17.2. The molecule has 1 atom stereocenters. The Morgan fingerprint density at radius 2 is 2.00 bits per heavy atom. The van der Waals surface area contributed by atoms with Crippen LogP contribution in [0.1, 0.15) is 30.1 Å². The van der Waals surface area contributed by atoms with Gasteiger partial charge in [0.15, 0.2) is 0 Å². The summed E-state index contributed by atoms with van der Waals surface area (Å²) in [5.41, 5.74) is -0.501. The van der Waals surface area contributed by atoms with E-state index >= 15 is 0 Å². The van der Waals surface area contributed by atoms with Gasteiger partial charge in [-0.1, -0.05) is 12.1 Å². The van der Waals surface area contributed by atoms with Crippen molar-refractivity contribution in [1.29, 1.82) is 0 Å². The number of aliphatic hydroxyl groups excluding tert-OH is 2. The van der Waals surface area contributed by atoms with Crippen LogP contribution >= 0.6 is 0 Å². The molecule has 3 nitrogen and oxygen atoms in total. The average Bonchev–Trinajstić information content (AvgIpc) is 3.22. The number of benzene rings is 1. The van der Waals surface area contributed by atoms with E-state index < -0.39 is 17.8 Å². The van der Waals surface area contributed by atoms with Gasteiger partial charge in [0.05, 0.1) is 18.3 Å². The Labute approximate surface area is 122 Å². The molecule has 118 valence electrons. The van der Waals surface area contributed by atoms with Gasteiger partial charge in [-0.25, -0.2) is 0 Å². The third-order valence-corrected chi connectivity index (χ3v) is 3.66. The fourth-order valence-electron chi connectivity index (χ4n) is 2.34. The van der Waals surface area contributed by atoms with Crippen molar-refractivity contribution < 1.29 is 23.4 Å². The molecule has 6 heteroatoms. The Kier molecular flexibility index (Phi) is 5.24. The molecule has 0 saturated heterocycles. The van der Waals surface area contributed by atoms with Crippen LogP contribution < -0.4 is 0 Å². The van der Waals surface area contributed by atoms with E-state index in [1.54, 1.807) is 0 Å². The number of hydrogen-bond acceptors (Lipinski definition) is 3. The van der Waals surface area contributed by atoms with Crippen LogP contribution in [-0.2, 0) is 6.18 Å². The standard InChI is InChI=1S/C15H20F3NO2/c16-15(17,18)13-3-1-2-12(8-13)14(21)10-19(6-7-20)9-11-4-5-11/h1-3,8,11,14,20-21H,4-7,9-10H2. The van der Waals surface area contributed by atoms with E-state index in [1.165, 1.54) is 12.1 Å². The van der Waals surface area contributed by atoms with Crippen LogP contribution in [-0.4, -0.2) is 41.4 Å². The highest BCUT2D eigenvalue weighted by Gasteiger charge is 2.31. The van der Waals surface area contributed by atoms with Crippen LogP contribution in [0.25, 0.3) is 0 Å². The van der Waals surface area contributed by atoms with E-state index in [-0.39, 0.29) is 18.7 Å². The smallest absolute Gasteiger partial charge is 0.395 e. The van der Waals surface area contributed by atoms with Crippen molar-refractivity contribution in [2.45, 2.75) is 25.1 Å². The second-order valence-corrected chi connectivity index (χ2v) is 5.57. The summed E-state index contributed by atoms with van der Waals surface area (Å²) in [5, 5.41) is 19.2. The third kappa shape index (κ3) is 4.98. The summed E-state index contributed by atoms with van der Waals surface area (Å²) in [7, 11) is 0. The molecule has 1 saturated carbocycles. The van der Waals surface area contributed by atoms with Crippen LogP contribution in [0.15, 0.2) is 24.3 Å². The molecule has 1 unspecified atom stereocenters. The van der Waals surface area contributed by atoms with Crippen LogP contribution in [0.2, 0.25) is 0 Å². The Bertz CT molecular complexity index is 460. The molecule has 0 radical (unpaired) electrons. The van der Waals surface area contributed by atoms with Gasteiger partial charge in [-0.3, -0.25) is 4.90 Å². The van der Waals surface area contributed by atoms with E-state index in [4.69, 9.17) is 5.11 Å². The Morgan fingerprint density at radius 1 is 1.29 bits per heavy atom. The van der Waals surface area contributed by atoms with Crippen LogP contribution in [0.5, 0.6) is 0 Å². The maximum absolute atomic E-state index is 12.7. The first kappa shape index (κ1) is 16.3. The fourth-order valence-corrected chi connectivity index (χ4v) is 2.34. The molecule has 1 fully saturated rings. The summed E-state index contributed by atoms with van der Waals surface area (Å²) >= 11 is 0. The zero-order chi connectivity index (χ0) is 15.5. The van der Waals surface area contributed by atoms with E-state index in [0.717, 1.165) is 31.5 Å². The van der Waals surface area contributed by atoms with Gasteiger partial charge in [0.2, 0.25) is 0 Å². The van der Waals surface area contributed by atoms with Crippen LogP contribution in [0, 0.1) is 5.92 Å². The molecule has 0 amide bonds. The molecule has 2 rings (SSSR count). The lowest BCUT2D eigenvalue weighted by atomic mass is 10.1. The third-order valence-electron chi connectivity index (χ3n) is 3.66. The highest BCUT2D eigenvalue weighted by atomic mass is 19.4. The fraction of sp³-hybridized carbons (Fsp3) is 0.600. The van der Waals surface area contributed by atoms with Gasteiger partial charge in [0.1, 0.15) is 0 Å². The van der Waals surface area contributed by atoms with Gasteiger partial charge in [-0.2, -0.15) is 13.2 Å². The van der Waals surface area contributed by atoms with Crippen molar-refractivity contribution in [2.75, 3.05) is 26.2 Å². The van der Waals surface area contributed by atoms with Gasteiger partial charge >= 0.3 is 6.18 Å². The molecular formula is C15H20F3NO2. The lowest BCUT2D eigenvalue weighted by Gasteiger charge is -2.24. The summed E-state index contributed by atoms with van der Waals surface area (Å²) in [6, 6.07) is 4.78. The van der Waals surface area contributed by atoms with Crippen molar-refractivity contribution in [1.82, 2.24) is 4.90 Å². The average molecular weight is 303 g/mol. The number of aliphatic hydroxyl groups is 2. The number of alkyl halides is 3. The highest BCUT2D eigenvalue weighted by Crippen LogP contribution is 2.32. The molecule has 1 aliphatic rings. The molecular weight excluding hydrogens is 283 g/mol. The van der Waals surface area contributed by atoms with Gasteiger partial charge in [-0.05, 0) is 36.5 Å². The van der Waals surface area contributed by atoms with Crippen molar-refractivity contribution >= 4 is 0 Å². The zero-order valence-electron chi connectivity index (χ0n) is 11.7. The van der Waals surface area contributed by atoms with Gasteiger partial charge < -0.3 is 10.2 Å².